The zero-order valence-electron chi connectivity index (χ0n) is 10.7. The smallest absolute Gasteiger partial charge is 0.297 e. The molecule has 0 unspecified atom stereocenters. The maximum Gasteiger partial charge on any atom is 0.297 e. The Morgan fingerprint density at radius 1 is 1.05 bits per heavy atom. The monoisotopic (exact) mass is 332 g/mol. The summed E-state index contributed by atoms with van der Waals surface area (Å²) in [4.78, 5) is 31.1. The van der Waals surface area contributed by atoms with Crippen LogP contribution in [0.2, 0.25) is 0 Å². The van der Waals surface area contributed by atoms with Gasteiger partial charge in [-0.2, -0.15) is 0 Å². The van der Waals surface area contributed by atoms with E-state index in [-0.39, 0.29) is 9.22 Å². The fourth-order valence-corrected chi connectivity index (χ4v) is 2.33. The number of thioether (sulfide) groups is 1. The number of benzene rings is 1. The number of nitrogens with zero attached hydrogens (tertiary/aromatic N) is 4. The molecule has 1 rings (SSSR count). The van der Waals surface area contributed by atoms with Crippen LogP contribution in [0.3, 0.4) is 0 Å². The van der Waals surface area contributed by atoms with Crippen LogP contribution in [-0.2, 0) is 0 Å². The molecular formula is C9H8N4O6S2. The van der Waals surface area contributed by atoms with Crippen LogP contribution in [0.25, 0.3) is 0 Å². The standard InChI is InChI=1S/C9H8N4O6S2/c1-10(2)9(20)21-8-6(12(16)17)3-5(11(14)15)4-7(8)13(18)19/h3-4H,1-2H3. The van der Waals surface area contributed by atoms with E-state index < -0.39 is 31.8 Å². The van der Waals surface area contributed by atoms with Crippen molar-refractivity contribution in [2.75, 3.05) is 14.1 Å². The second kappa shape index (κ2) is 6.41. The molecule has 0 fully saturated rings. The molecule has 1 aromatic carbocycles. The van der Waals surface area contributed by atoms with Gasteiger partial charge in [0, 0.05) is 14.1 Å². The number of nitro groups is 3. The average Bonchev–Trinajstić information content (AvgIpc) is 2.37. The summed E-state index contributed by atoms with van der Waals surface area (Å²) in [7, 11) is 3.14. The van der Waals surface area contributed by atoms with Crippen molar-refractivity contribution in [1.82, 2.24) is 4.90 Å². The Balaban J connectivity index is 3.57. The van der Waals surface area contributed by atoms with Crippen molar-refractivity contribution in [2.45, 2.75) is 4.90 Å². The molecule has 0 aliphatic heterocycles. The molecule has 0 aliphatic rings. The van der Waals surface area contributed by atoms with E-state index in [1.54, 1.807) is 14.1 Å². The Labute approximate surface area is 127 Å². The van der Waals surface area contributed by atoms with Crippen molar-refractivity contribution < 1.29 is 14.8 Å². The molecule has 0 radical (unpaired) electrons. The summed E-state index contributed by atoms with van der Waals surface area (Å²) in [5.74, 6) is 0. The molecule has 10 nitrogen and oxygen atoms in total. The lowest BCUT2D eigenvalue weighted by Gasteiger charge is -2.12. The predicted octanol–water partition coefficient (Wildman–Crippen LogP) is 2.35. The van der Waals surface area contributed by atoms with Gasteiger partial charge in [0.1, 0.15) is 4.32 Å². The Hall–Kier alpha value is -2.34. The summed E-state index contributed by atoms with van der Waals surface area (Å²) in [6.07, 6.45) is 0. The minimum atomic E-state index is -0.932. The van der Waals surface area contributed by atoms with Crippen LogP contribution in [0.1, 0.15) is 0 Å². The van der Waals surface area contributed by atoms with Crippen LogP contribution < -0.4 is 0 Å². The third-order valence-electron chi connectivity index (χ3n) is 2.19. The molecule has 0 bridgehead atoms. The molecule has 0 spiro atoms. The second-order valence-electron chi connectivity index (χ2n) is 3.85. The number of thiocarbonyl (C=S) groups is 1. The van der Waals surface area contributed by atoms with Crippen molar-refractivity contribution in [3.8, 4) is 0 Å². The van der Waals surface area contributed by atoms with E-state index >= 15 is 0 Å². The van der Waals surface area contributed by atoms with Crippen LogP contribution in [0.5, 0.6) is 0 Å². The zero-order chi connectivity index (χ0) is 16.3. The van der Waals surface area contributed by atoms with E-state index in [9.17, 15) is 30.3 Å². The Morgan fingerprint density at radius 2 is 1.48 bits per heavy atom. The van der Waals surface area contributed by atoms with Crippen LogP contribution in [-0.4, -0.2) is 38.1 Å². The van der Waals surface area contributed by atoms with Crippen molar-refractivity contribution in [3.05, 3.63) is 42.5 Å². The van der Waals surface area contributed by atoms with Crippen LogP contribution in [0, 0.1) is 30.3 Å². The lowest BCUT2D eigenvalue weighted by Crippen LogP contribution is -2.16. The summed E-state index contributed by atoms with van der Waals surface area (Å²) in [6.45, 7) is 0. The molecule has 0 aromatic heterocycles. The lowest BCUT2D eigenvalue weighted by molar-refractivity contribution is -0.407. The van der Waals surface area contributed by atoms with E-state index in [2.05, 4.69) is 0 Å². The Morgan fingerprint density at radius 3 is 1.76 bits per heavy atom. The van der Waals surface area contributed by atoms with E-state index in [1.165, 1.54) is 4.90 Å². The molecule has 12 heteroatoms. The van der Waals surface area contributed by atoms with E-state index in [0.29, 0.717) is 23.9 Å². The maximum absolute atomic E-state index is 11.0. The first-order valence-corrected chi connectivity index (χ1v) is 6.38. The zero-order valence-corrected chi connectivity index (χ0v) is 12.3. The maximum atomic E-state index is 11.0. The number of rotatable bonds is 4. The predicted molar refractivity (Wildman–Crippen MR) is 78.5 cm³/mol. The summed E-state index contributed by atoms with van der Waals surface area (Å²) < 4.78 is 0.148. The van der Waals surface area contributed by atoms with E-state index in [4.69, 9.17) is 12.2 Å². The second-order valence-corrected chi connectivity index (χ2v) is 5.49. The Kier molecular flexibility index (Phi) is 5.10. The molecule has 1 aromatic rings. The fourth-order valence-electron chi connectivity index (χ4n) is 1.24. The largest absolute Gasteiger partial charge is 0.363 e. The highest BCUT2D eigenvalue weighted by molar-refractivity contribution is 8.23. The van der Waals surface area contributed by atoms with Gasteiger partial charge in [0.15, 0.2) is 4.90 Å². The summed E-state index contributed by atoms with van der Waals surface area (Å²) in [5.41, 5.74) is -2.19. The van der Waals surface area contributed by atoms with E-state index in [1.807, 2.05) is 0 Å². The number of non-ortho nitro benzene ring substituents is 1. The van der Waals surface area contributed by atoms with Crippen LogP contribution >= 0.6 is 24.0 Å². The molecule has 0 amide bonds. The highest BCUT2D eigenvalue weighted by Gasteiger charge is 2.31. The molecule has 0 atom stereocenters. The van der Waals surface area contributed by atoms with Gasteiger partial charge in [0.25, 0.3) is 17.1 Å². The van der Waals surface area contributed by atoms with Crippen LogP contribution in [0.15, 0.2) is 17.0 Å². The van der Waals surface area contributed by atoms with Crippen molar-refractivity contribution in [2.24, 2.45) is 0 Å². The topological polar surface area (TPSA) is 133 Å². The molecule has 112 valence electrons. The van der Waals surface area contributed by atoms with Gasteiger partial charge in [-0.15, -0.1) is 0 Å². The first-order chi connectivity index (χ1) is 9.65. The number of nitro benzene ring substituents is 3. The lowest BCUT2D eigenvalue weighted by atomic mass is 10.2. The highest BCUT2D eigenvalue weighted by Crippen LogP contribution is 2.41. The molecule has 0 aliphatic carbocycles. The van der Waals surface area contributed by atoms with Crippen molar-refractivity contribution in [1.29, 1.82) is 0 Å². The fraction of sp³-hybridized carbons (Fsp3) is 0.222. The highest BCUT2D eigenvalue weighted by atomic mass is 32.2. The normalized spacial score (nSPS) is 10.0. The van der Waals surface area contributed by atoms with Gasteiger partial charge in [-0.1, -0.05) is 12.2 Å². The van der Waals surface area contributed by atoms with Gasteiger partial charge in [0.05, 0.1) is 26.9 Å². The van der Waals surface area contributed by atoms with Gasteiger partial charge < -0.3 is 4.90 Å². The summed E-state index contributed by atoms with van der Waals surface area (Å²) in [5, 5.41) is 32.7. The van der Waals surface area contributed by atoms with Gasteiger partial charge in [-0.05, 0) is 11.8 Å². The van der Waals surface area contributed by atoms with Gasteiger partial charge in [-0.25, -0.2) is 0 Å². The third-order valence-corrected chi connectivity index (χ3v) is 3.97. The molecule has 0 saturated heterocycles. The van der Waals surface area contributed by atoms with Gasteiger partial charge in [-0.3, -0.25) is 30.3 Å². The third kappa shape index (κ3) is 3.82. The summed E-state index contributed by atoms with van der Waals surface area (Å²) >= 11 is 5.58. The first-order valence-electron chi connectivity index (χ1n) is 5.15. The Bertz CT molecular complexity index is 612. The van der Waals surface area contributed by atoms with E-state index in [0.717, 1.165) is 0 Å². The minimum Gasteiger partial charge on any atom is -0.363 e. The minimum absolute atomic E-state index is 0.148. The van der Waals surface area contributed by atoms with Crippen molar-refractivity contribution in [3.63, 3.8) is 0 Å². The molecule has 0 heterocycles. The molecular weight excluding hydrogens is 324 g/mol. The molecule has 21 heavy (non-hydrogen) atoms. The average molecular weight is 332 g/mol. The van der Waals surface area contributed by atoms with Crippen molar-refractivity contribution >= 4 is 45.4 Å². The van der Waals surface area contributed by atoms with Crippen LogP contribution in [0.4, 0.5) is 17.1 Å². The quantitative estimate of drug-likeness (QED) is 0.352. The van der Waals surface area contributed by atoms with Gasteiger partial charge in [0.2, 0.25) is 0 Å². The molecule has 0 saturated carbocycles. The molecule has 0 N–H and O–H groups in total. The summed E-state index contributed by atoms with van der Waals surface area (Å²) in [6, 6.07) is 1.35. The number of hydrogen-bond donors (Lipinski definition) is 0. The SMILES string of the molecule is CN(C)C(=S)Sc1c([N+](=O)[O-])cc([N+](=O)[O-])cc1[N+](=O)[O-]. The van der Waals surface area contributed by atoms with Gasteiger partial charge >= 0.3 is 0 Å². The number of hydrogen-bond acceptors (Lipinski definition) is 8. The first kappa shape index (κ1) is 16.7.